The van der Waals surface area contributed by atoms with E-state index in [0.717, 1.165) is 5.57 Å². The molecule has 0 saturated carbocycles. The topological polar surface area (TPSA) is 77.8 Å². The molecule has 0 aliphatic carbocycles. The first-order chi connectivity index (χ1) is 7.78. The van der Waals surface area contributed by atoms with Gasteiger partial charge in [0.25, 0.3) is 0 Å². The maximum absolute atomic E-state index is 11.4. The van der Waals surface area contributed by atoms with Crippen LogP contribution in [0.15, 0.2) is 12.2 Å². The molecule has 2 N–H and O–H groups in total. The molecular weight excluding hydrogens is 222 g/mol. The Morgan fingerprint density at radius 3 is 2.41 bits per heavy atom. The zero-order chi connectivity index (χ0) is 13.2. The smallest absolute Gasteiger partial charge is 0.407 e. The highest BCUT2D eigenvalue weighted by Gasteiger charge is 2.45. The lowest BCUT2D eigenvalue weighted by Crippen LogP contribution is -2.50. The van der Waals surface area contributed by atoms with Gasteiger partial charge in [-0.3, -0.25) is 4.79 Å². The Morgan fingerprint density at radius 1 is 1.47 bits per heavy atom. The van der Waals surface area contributed by atoms with Crippen LogP contribution in [0.5, 0.6) is 0 Å². The number of rotatable bonds is 3. The quantitative estimate of drug-likeness (QED) is 0.742. The molecule has 1 aliphatic heterocycles. The van der Waals surface area contributed by atoms with Crippen molar-refractivity contribution in [2.45, 2.75) is 39.2 Å². The van der Waals surface area contributed by atoms with Crippen molar-refractivity contribution in [3.63, 3.8) is 0 Å². The van der Waals surface area contributed by atoms with Crippen LogP contribution in [-0.4, -0.2) is 39.8 Å². The molecule has 96 valence electrons. The highest BCUT2D eigenvalue weighted by Crippen LogP contribution is 2.40. The molecule has 17 heavy (non-hydrogen) atoms. The Morgan fingerprint density at radius 2 is 2.06 bits per heavy atom. The van der Waals surface area contributed by atoms with E-state index in [9.17, 15) is 14.7 Å². The Kier molecular flexibility index (Phi) is 3.80. The number of carbonyl (C=O) groups is 2. The summed E-state index contributed by atoms with van der Waals surface area (Å²) < 4.78 is 0. The average molecular weight is 241 g/mol. The monoisotopic (exact) mass is 241 g/mol. The molecule has 0 aromatic rings. The van der Waals surface area contributed by atoms with E-state index >= 15 is 0 Å². The van der Waals surface area contributed by atoms with Crippen LogP contribution >= 0.6 is 0 Å². The van der Waals surface area contributed by atoms with Gasteiger partial charge in [-0.25, -0.2) is 4.79 Å². The number of hydrogen-bond acceptors (Lipinski definition) is 2. The number of amides is 1. The van der Waals surface area contributed by atoms with Crippen molar-refractivity contribution in [2.75, 3.05) is 6.54 Å². The zero-order valence-electron chi connectivity index (χ0n) is 10.3. The number of nitrogens with zero attached hydrogens (tertiary/aromatic N) is 1. The summed E-state index contributed by atoms with van der Waals surface area (Å²) >= 11 is 0. The van der Waals surface area contributed by atoms with Gasteiger partial charge in [-0.15, -0.1) is 6.58 Å². The number of piperidine rings is 1. The fraction of sp³-hybridized carbons (Fsp3) is 0.667. The summed E-state index contributed by atoms with van der Waals surface area (Å²) in [5.74, 6) is -0.850. The minimum atomic E-state index is -0.980. The van der Waals surface area contributed by atoms with Crippen molar-refractivity contribution in [2.24, 2.45) is 5.41 Å². The van der Waals surface area contributed by atoms with Gasteiger partial charge in [-0.1, -0.05) is 5.57 Å². The summed E-state index contributed by atoms with van der Waals surface area (Å²) in [6.45, 7) is 7.59. The lowest BCUT2D eigenvalue weighted by atomic mass is 9.72. The second-order valence-electron chi connectivity index (χ2n) is 5.00. The standard InChI is InChI=1S/C12H19NO4/c1-8(2)6-12(10(14)15)4-5-13(11(16)17)9(3)7-12/h9H,1,4-7H2,2-3H3,(H,14,15)(H,16,17)/t9-,12+/m1/s1. The maximum atomic E-state index is 11.4. The van der Waals surface area contributed by atoms with Crippen LogP contribution in [0.25, 0.3) is 0 Å². The lowest BCUT2D eigenvalue weighted by molar-refractivity contribution is -0.153. The summed E-state index contributed by atoms with van der Waals surface area (Å²) in [6, 6.07) is -0.267. The summed E-state index contributed by atoms with van der Waals surface area (Å²) in [5.41, 5.74) is -0.0274. The molecule has 5 heteroatoms. The van der Waals surface area contributed by atoms with E-state index < -0.39 is 17.5 Å². The number of allylic oxidation sites excluding steroid dienone is 1. The molecule has 0 bridgehead atoms. The first-order valence-electron chi connectivity index (χ1n) is 5.66. The van der Waals surface area contributed by atoms with Crippen LogP contribution in [0.1, 0.15) is 33.1 Å². The van der Waals surface area contributed by atoms with Gasteiger partial charge in [0.15, 0.2) is 0 Å². The van der Waals surface area contributed by atoms with Crippen LogP contribution in [0, 0.1) is 5.41 Å². The number of aliphatic carboxylic acids is 1. The van der Waals surface area contributed by atoms with E-state index in [2.05, 4.69) is 6.58 Å². The number of carboxylic acid groups (broad SMARTS) is 2. The fourth-order valence-corrected chi connectivity index (χ4v) is 2.62. The fourth-order valence-electron chi connectivity index (χ4n) is 2.62. The average Bonchev–Trinajstić information content (AvgIpc) is 2.15. The van der Waals surface area contributed by atoms with E-state index in [0.29, 0.717) is 19.3 Å². The molecule has 0 aromatic heterocycles. The molecular formula is C12H19NO4. The molecule has 0 aromatic carbocycles. The minimum Gasteiger partial charge on any atom is -0.481 e. The molecule has 0 unspecified atom stereocenters. The molecule has 2 atom stereocenters. The van der Waals surface area contributed by atoms with E-state index in [-0.39, 0.29) is 12.6 Å². The molecule has 0 spiro atoms. The number of hydrogen-bond donors (Lipinski definition) is 2. The van der Waals surface area contributed by atoms with Crippen LogP contribution in [0.4, 0.5) is 4.79 Å². The maximum Gasteiger partial charge on any atom is 0.407 e. The molecule has 0 radical (unpaired) electrons. The first-order valence-corrected chi connectivity index (χ1v) is 5.66. The van der Waals surface area contributed by atoms with Crippen molar-refractivity contribution < 1.29 is 19.8 Å². The van der Waals surface area contributed by atoms with Crippen LogP contribution in [0.2, 0.25) is 0 Å². The summed E-state index contributed by atoms with van der Waals surface area (Å²) in [7, 11) is 0. The third-order valence-corrected chi connectivity index (χ3v) is 3.39. The Labute approximate surface area is 101 Å². The predicted molar refractivity (Wildman–Crippen MR) is 62.9 cm³/mol. The summed E-state index contributed by atoms with van der Waals surface area (Å²) in [5, 5.41) is 18.3. The number of likely N-dealkylation sites (tertiary alicyclic amines) is 1. The Bertz CT molecular complexity index is 352. The summed E-state index contributed by atoms with van der Waals surface area (Å²) in [4.78, 5) is 23.7. The normalized spacial score (nSPS) is 28.8. The summed E-state index contributed by atoms with van der Waals surface area (Å²) in [6.07, 6.45) is 0.139. The molecule has 1 rings (SSSR count). The van der Waals surface area contributed by atoms with E-state index in [1.807, 2.05) is 0 Å². The van der Waals surface area contributed by atoms with E-state index in [4.69, 9.17) is 5.11 Å². The van der Waals surface area contributed by atoms with Crippen molar-refractivity contribution in [3.8, 4) is 0 Å². The SMILES string of the molecule is C=C(C)C[C@@]1(C(=O)O)CCN(C(=O)O)[C@H](C)C1. The van der Waals surface area contributed by atoms with Crippen LogP contribution < -0.4 is 0 Å². The highest BCUT2D eigenvalue weighted by molar-refractivity contribution is 5.76. The van der Waals surface area contributed by atoms with Gasteiger partial charge in [-0.05, 0) is 33.1 Å². The van der Waals surface area contributed by atoms with E-state index in [1.54, 1.807) is 13.8 Å². The van der Waals surface area contributed by atoms with Gasteiger partial charge in [-0.2, -0.15) is 0 Å². The molecule has 1 saturated heterocycles. The van der Waals surface area contributed by atoms with Crippen molar-refractivity contribution >= 4 is 12.1 Å². The molecule has 1 aliphatic rings. The van der Waals surface area contributed by atoms with Crippen LogP contribution in [-0.2, 0) is 4.79 Å². The predicted octanol–water partition coefficient (Wildman–Crippen LogP) is 2.19. The van der Waals surface area contributed by atoms with Gasteiger partial charge in [0.2, 0.25) is 0 Å². The second kappa shape index (κ2) is 4.77. The van der Waals surface area contributed by atoms with Gasteiger partial charge < -0.3 is 15.1 Å². The Hall–Kier alpha value is -1.52. The van der Waals surface area contributed by atoms with Gasteiger partial charge >= 0.3 is 12.1 Å². The van der Waals surface area contributed by atoms with Gasteiger partial charge in [0.1, 0.15) is 0 Å². The first kappa shape index (κ1) is 13.5. The van der Waals surface area contributed by atoms with Gasteiger partial charge in [0.05, 0.1) is 5.41 Å². The van der Waals surface area contributed by atoms with Crippen molar-refractivity contribution in [1.29, 1.82) is 0 Å². The highest BCUT2D eigenvalue weighted by atomic mass is 16.4. The van der Waals surface area contributed by atoms with Gasteiger partial charge in [0, 0.05) is 12.6 Å². The van der Waals surface area contributed by atoms with Crippen molar-refractivity contribution in [1.82, 2.24) is 4.90 Å². The third-order valence-electron chi connectivity index (χ3n) is 3.39. The second-order valence-corrected chi connectivity index (χ2v) is 5.00. The largest absolute Gasteiger partial charge is 0.481 e. The molecule has 5 nitrogen and oxygen atoms in total. The zero-order valence-corrected chi connectivity index (χ0v) is 10.3. The lowest BCUT2D eigenvalue weighted by Gasteiger charge is -2.42. The third kappa shape index (κ3) is 2.78. The van der Waals surface area contributed by atoms with Crippen LogP contribution in [0.3, 0.4) is 0 Å². The Balaban J connectivity index is 2.88. The molecule has 1 heterocycles. The van der Waals surface area contributed by atoms with Crippen molar-refractivity contribution in [3.05, 3.63) is 12.2 Å². The van der Waals surface area contributed by atoms with E-state index in [1.165, 1.54) is 4.90 Å². The molecule has 1 fully saturated rings. The minimum absolute atomic E-state index is 0.267. The molecule has 1 amide bonds. The number of carboxylic acids is 1.